The molecule has 2 heterocycles. The molecule has 2 saturated heterocycles. The maximum atomic E-state index is 10.4. The third-order valence-corrected chi connectivity index (χ3v) is 6.69. The Hall–Kier alpha value is -2.84. The molecule has 4 rings (SSSR count). The summed E-state index contributed by atoms with van der Waals surface area (Å²) in [5.74, 6) is 11.2. The molecule has 0 amide bonds. The molecule has 2 aromatic carbocycles. The molecule has 0 radical (unpaired) electrons. The third kappa shape index (κ3) is 5.91. The minimum absolute atomic E-state index is 0.508. The number of aliphatic hydroxyl groups is 8. The summed E-state index contributed by atoms with van der Waals surface area (Å²) in [6.45, 7) is -1.04. The van der Waals surface area contributed by atoms with Crippen LogP contribution in [0.5, 0.6) is 0 Å². The van der Waals surface area contributed by atoms with E-state index in [9.17, 15) is 40.9 Å². The van der Waals surface area contributed by atoms with Crippen LogP contribution in [-0.4, -0.2) is 103 Å². The highest BCUT2D eigenvalue weighted by Crippen LogP contribution is 2.33. The first-order chi connectivity index (χ1) is 18.2. The highest BCUT2D eigenvalue weighted by Gasteiger charge is 2.45. The summed E-state index contributed by atoms with van der Waals surface area (Å²) in [6, 6.07) is 13.5. The molecule has 2 aromatic rings. The van der Waals surface area contributed by atoms with Gasteiger partial charge in [0.25, 0.3) is 0 Å². The van der Waals surface area contributed by atoms with E-state index in [0.717, 1.165) is 0 Å². The molecule has 0 aromatic heterocycles. The fraction of sp³-hybridized carbons (Fsp3) is 0.429. The van der Waals surface area contributed by atoms with Gasteiger partial charge in [0.1, 0.15) is 61.0 Å². The lowest BCUT2D eigenvalue weighted by Gasteiger charge is -2.40. The molecule has 1 unspecified atom stereocenters. The topological polar surface area (TPSA) is 180 Å². The first kappa shape index (κ1) is 28.2. The SMILES string of the molecule is OC[C@H]1O[C@H](c2cccc(C#CC#Cc3cccc(C4O[C@H](CO)[C@@H](O)[C@H](O)[C@@H]4O)c3)c2)[C@@H](O)[C@@H](O)[C@@H]1O. The Bertz CT molecular complexity index is 1130. The van der Waals surface area contributed by atoms with E-state index in [1.807, 2.05) is 0 Å². The highest BCUT2D eigenvalue weighted by molar-refractivity contribution is 5.46. The zero-order valence-corrected chi connectivity index (χ0v) is 20.2. The summed E-state index contributed by atoms with van der Waals surface area (Å²) in [4.78, 5) is 0. The van der Waals surface area contributed by atoms with Crippen LogP contribution in [0, 0.1) is 23.7 Å². The fourth-order valence-electron chi connectivity index (χ4n) is 4.55. The van der Waals surface area contributed by atoms with E-state index < -0.39 is 74.3 Å². The second-order valence-corrected chi connectivity index (χ2v) is 9.25. The molecule has 0 spiro atoms. The van der Waals surface area contributed by atoms with Gasteiger partial charge in [0.15, 0.2) is 0 Å². The zero-order chi connectivity index (χ0) is 27.4. The maximum absolute atomic E-state index is 10.4. The number of hydrogen-bond acceptors (Lipinski definition) is 10. The van der Waals surface area contributed by atoms with E-state index >= 15 is 0 Å². The lowest BCUT2D eigenvalue weighted by Crippen LogP contribution is -2.55. The van der Waals surface area contributed by atoms with Crippen LogP contribution in [0.25, 0.3) is 0 Å². The molecule has 2 aliphatic heterocycles. The molecule has 2 aliphatic rings. The molecule has 10 atom stereocenters. The van der Waals surface area contributed by atoms with Crippen LogP contribution < -0.4 is 0 Å². The Morgan fingerprint density at radius 2 is 0.947 bits per heavy atom. The van der Waals surface area contributed by atoms with Crippen LogP contribution >= 0.6 is 0 Å². The van der Waals surface area contributed by atoms with Crippen LogP contribution in [0.15, 0.2) is 48.5 Å². The van der Waals surface area contributed by atoms with Gasteiger partial charge in [-0.25, -0.2) is 0 Å². The van der Waals surface area contributed by atoms with Gasteiger partial charge in [-0.1, -0.05) is 36.1 Å². The van der Waals surface area contributed by atoms with Gasteiger partial charge < -0.3 is 50.3 Å². The third-order valence-electron chi connectivity index (χ3n) is 6.69. The van der Waals surface area contributed by atoms with E-state index in [1.165, 1.54) is 0 Å². The molecule has 2 fully saturated rings. The predicted octanol–water partition coefficient (Wildman–Crippen LogP) is -1.88. The Morgan fingerprint density at radius 3 is 1.32 bits per heavy atom. The summed E-state index contributed by atoms with van der Waals surface area (Å²) >= 11 is 0. The van der Waals surface area contributed by atoms with Gasteiger partial charge in [0.05, 0.1) is 13.2 Å². The Kier molecular flexibility index (Phi) is 9.15. The van der Waals surface area contributed by atoms with E-state index in [-0.39, 0.29) is 0 Å². The van der Waals surface area contributed by atoms with Gasteiger partial charge in [0, 0.05) is 11.1 Å². The number of aliphatic hydroxyl groups excluding tert-OH is 8. The molecule has 10 nitrogen and oxygen atoms in total. The van der Waals surface area contributed by atoms with Crippen molar-refractivity contribution >= 4 is 0 Å². The van der Waals surface area contributed by atoms with E-state index in [1.54, 1.807) is 48.5 Å². The van der Waals surface area contributed by atoms with Crippen LogP contribution in [0.2, 0.25) is 0 Å². The standard InChI is InChI=1S/C28H30O10/c29-13-19-21(31)23(33)25(35)27(37-19)17-9-3-7-15(11-17)5-1-2-6-16-8-4-10-18(12-16)28-26(36)24(34)22(32)20(14-30)38-28/h3-4,7-12,19-36H,13-14H2/t19-,20-,21-,22-,23+,24+,25+,26+,27-,28?/m1/s1. The first-order valence-electron chi connectivity index (χ1n) is 12.1. The summed E-state index contributed by atoms with van der Waals surface area (Å²) < 4.78 is 11.2. The van der Waals surface area contributed by atoms with Crippen molar-refractivity contribution in [3.8, 4) is 23.7 Å². The highest BCUT2D eigenvalue weighted by atomic mass is 16.6. The molecular weight excluding hydrogens is 496 g/mol. The Morgan fingerprint density at radius 1 is 0.553 bits per heavy atom. The minimum Gasteiger partial charge on any atom is -0.394 e. The van der Waals surface area contributed by atoms with Crippen molar-refractivity contribution in [3.05, 3.63) is 70.8 Å². The number of ether oxygens (including phenoxy) is 2. The number of hydrogen-bond donors (Lipinski definition) is 8. The average molecular weight is 527 g/mol. The van der Waals surface area contributed by atoms with Crippen LogP contribution in [0.3, 0.4) is 0 Å². The second-order valence-electron chi connectivity index (χ2n) is 9.25. The lowest BCUT2D eigenvalue weighted by atomic mass is 9.90. The van der Waals surface area contributed by atoms with Crippen LogP contribution in [0.1, 0.15) is 34.5 Å². The van der Waals surface area contributed by atoms with Crippen molar-refractivity contribution in [2.24, 2.45) is 0 Å². The van der Waals surface area contributed by atoms with Crippen molar-refractivity contribution in [2.45, 2.75) is 61.0 Å². The largest absolute Gasteiger partial charge is 0.394 e. The molecule has 8 N–H and O–H groups in total. The molecule has 202 valence electrons. The Balaban J connectivity index is 1.49. The van der Waals surface area contributed by atoms with Crippen molar-refractivity contribution in [1.82, 2.24) is 0 Å². The summed E-state index contributed by atoms with van der Waals surface area (Å²) in [6.07, 6.45) is -12.6. The summed E-state index contributed by atoms with van der Waals surface area (Å²) in [5.41, 5.74) is 2.13. The van der Waals surface area contributed by atoms with Gasteiger partial charge in [-0.05, 0) is 47.2 Å². The quantitative estimate of drug-likeness (QED) is 0.210. The zero-order valence-electron chi connectivity index (χ0n) is 20.2. The van der Waals surface area contributed by atoms with E-state index in [0.29, 0.717) is 22.3 Å². The van der Waals surface area contributed by atoms with Gasteiger partial charge >= 0.3 is 0 Å². The monoisotopic (exact) mass is 526 g/mol. The van der Waals surface area contributed by atoms with E-state index in [4.69, 9.17) is 9.47 Å². The summed E-state index contributed by atoms with van der Waals surface area (Å²) in [5, 5.41) is 79.6. The molecule has 0 saturated carbocycles. The lowest BCUT2D eigenvalue weighted by molar-refractivity contribution is -0.231. The number of benzene rings is 2. The molecule has 0 bridgehead atoms. The van der Waals surface area contributed by atoms with Crippen LogP contribution in [0.4, 0.5) is 0 Å². The van der Waals surface area contributed by atoms with Gasteiger partial charge in [-0.15, -0.1) is 0 Å². The van der Waals surface area contributed by atoms with Crippen molar-refractivity contribution in [1.29, 1.82) is 0 Å². The molecule has 10 heteroatoms. The average Bonchev–Trinajstić information content (AvgIpc) is 2.93. The minimum atomic E-state index is -1.48. The normalized spacial score (nSPS) is 34.9. The molecule has 0 aliphatic carbocycles. The smallest absolute Gasteiger partial charge is 0.113 e. The first-order valence-corrected chi connectivity index (χ1v) is 12.1. The van der Waals surface area contributed by atoms with Crippen molar-refractivity contribution < 1.29 is 50.3 Å². The van der Waals surface area contributed by atoms with Crippen molar-refractivity contribution in [2.75, 3.05) is 13.2 Å². The number of rotatable bonds is 4. The molecular formula is C28H30O10. The second kappa shape index (κ2) is 12.3. The summed E-state index contributed by atoms with van der Waals surface area (Å²) in [7, 11) is 0. The predicted molar refractivity (Wildman–Crippen MR) is 132 cm³/mol. The van der Waals surface area contributed by atoms with Gasteiger partial charge in [-0.2, -0.15) is 0 Å². The molecule has 38 heavy (non-hydrogen) atoms. The van der Waals surface area contributed by atoms with Crippen molar-refractivity contribution in [3.63, 3.8) is 0 Å². The maximum Gasteiger partial charge on any atom is 0.113 e. The van der Waals surface area contributed by atoms with E-state index in [2.05, 4.69) is 23.7 Å². The fourth-order valence-corrected chi connectivity index (χ4v) is 4.55. The van der Waals surface area contributed by atoms with Crippen LogP contribution in [-0.2, 0) is 9.47 Å². The van der Waals surface area contributed by atoms with Gasteiger partial charge in [0.2, 0.25) is 0 Å². The van der Waals surface area contributed by atoms with Gasteiger partial charge in [-0.3, -0.25) is 0 Å². The Labute approximate surface area is 219 Å².